The Kier molecular flexibility index (Phi) is 5.65. The highest BCUT2D eigenvalue weighted by Crippen LogP contribution is 2.30. The third-order valence-electron chi connectivity index (χ3n) is 5.97. The largest absolute Gasteiger partial charge is 0.342 e. The molecule has 0 bridgehead atoms. The molecule has 4 rings (SSSR count). The van der Waals surface area contributed by atoms with Gasteiger partial charge in [-0.1, -0.05) is 19.1 Å². The van der Waals surface area contributed by atoms with Gasteiger partial charge >= 0.3 is 0 Å². The maximum atomic E-state index is 12.8. The second-order valence-electron chi connectivity index (χ2n) is 7.98. The number of imidazole rings is 1. The molecule has 0 radical (unpaired) electrons. The highest BCUT2D eigenvalue weighted by Gasteiger charge is 2.31. The highest BCUT2D eigenvalue weighted by atomic mass is 16.2. The van der Waals surface area contributed by atoms with Gasteiger partial charge in [0.05, 0.1) is 11.0 Å². The minimum Gasteiger partial charge on any atom is -0.342 e. The molecule has 2 aliphatic rings. The number of carbonyl (C=O) groups excluding carboxylic acids is 3. The van der Waals surface area contributed by atoms with Gasteiger partial charge in [0.25, 0.3) is 0 Å². The summed E-state index contributed by atoms with van der Waals surface area (Å²) in [5.41, 5.74) is 2.16. The third-order valence-corrected chi connectivity index (χ3v) is 5.97. The predicted molar refractivity (Wildman–Crippen MR) is 109 cm³/mol. The number of nitrogens with zero attached hydrogens (tertiary/aromatic N) is 4. The Morgan fingerprint density at radius 1 is 1.14 bits per heavy atom. The van der Waals surface area contributed by atoms with Crippen LogP contribution in [0.1, 0.15) is 57.2 Å². The van der Waals surface area contributed by atoms with Crippen LogP contribution in [0.3, 0.4) is 0 Å². The van der Waals surface area contributed by atoms with Crippen molar-refractivity contribution in [3.8, 4) is 0 Å². The second kappa shape index (κ2) is 8.35. The molecule has 3 heterocycles. The molecule has 7 heteroatoms. The molecule has 3 amide bonds. The van der Waals surface area contributed by atoms with Crippen LogP contribution < -0.4 is 0 Å². The van der Waals surface area contributed by atoms with Gasteiger partial charge in [-0.15, -0.1) is 0 Å². The molecule has 1 atom stereocenters. The van der Waals surface area contributed by atoms with Gasteiger partial charge in [0.15, 0.2) is 0 Å². The van der Waals surface area contributed by atoms with Crippen LogP contribution in [0.5, 0.6) is 0 Å². The quantitative estimate of drug-likeness (QED) is 0.704. The maximum absolute atomic E-state index is 12.8. The summed E-state index contributed by atoms with van der Waals surface area (Å²) in [4.78, 5) is 44.3. The minimum absolute atomic E-state index is 0.0142. The van der Waals surface area contributed by atoms with E-state index in [9.17, 15) is 14.4 Å². The van der Waals surface area contributed by atoms with Crippen LogP contribution in [0.25, 0.3) is 11.0 Å². The van der Waals surface area contributed by atoms with Crippen molar-refractivity contribution in [2.75, 3.05) is 19.6 Å². The van der Waals surface area contributed by atoms with Crippen molar-refractivity contribution >= 4 is 28.8 Å². The first-order chi connectivity index (χ1) is 14.1. The fourth-order valence-electron chi connectivity index (χ4n) is 4.52. The number of rotatable bonds is 6. The zero-order valence-corrected chi connectivity index (χ0v) is 17.0. The molecule has 0 saturated carbocycles. The fourth-order valence-corrected chi connectivity index (χ4v) is 4.52. The zero-order chi connectivity index (χ0) is 20.4. The molecule has 2 aromatic rings. The van der Waals surface area contributed by atoms with E-state index >= 15 is 0 Å². The standard InChI is InChI=1S/C22H28N4O3/c1-2-12-25-18-8-4-3-7-17(18)23-22(25)16-6-5-13-24(15-16)19(27)11-14-26-20(28)9-10-21(26)29/h3-4,7-8,16H,2,5-6,9-15H2,1H3. The normalized spacial score (nSPS) is 20.1. The summed E-state index contributed by atoms with van der Waals surface area (Å²) < 4.78 is 2.30. The van der Waals surface area contributed by atoms with Crippen molar-refractivity contribution in [2.24, 2.45) is 0 Å². The van der Waals surface area contributed by atoms with E-state index in [1.54, 1.807) is 0 Å². The summed E-state index contributed by atoms with van der Waals surface area (Å²) in [6.07, 6.45) is 3.72. The number of hydrogen-bond acceptors (Lipinski definition) is 4. The maximum Gasteiger partial charge on any atom is 0.229 e. The Morgan fingerprint density at radius 3 is 2.66 bits per heavy atom. The average Bonchev–Trinajstić information content (AvgIpc) is 3.26. The van der Waals surface area contributed by atoms with Gasteiger partial charge in [0.1, 0.15) is 5.82 Å². The van der Waals surface area contributed by atoms with Crippen LogP contribution in [0.2, 0.25) is 0 Å². The monoisotopic (exact) mass is 396 g/mol. The molecule has 7 nitrogen and oxygen atoms in total. The van der Waals surface area contributed by atoms with Gasteiger partial charge in [-0.2, -0.15) is 0 Å². The van der Waals surface area contributed by atoms with E-state index in [1.165, 1.54) is 4.90 Å². The number of amides is 3. The molecule has 2 fully saturated rings. The summed E-state index contributed by atoms with van der Waals surface area (Å²) in [6.45, 7) is 4.65. The number of carbonyl (C=O) groups is 3. The van der Waals surface area contributed by atoms with E-state index in [1.807, 2.05) is 23.1 Å². The molecule has 2 saturated heterocycles. The van der Waals surface area contributed by atoms with Crippen LogP contribution in [-0.4, -0.2) is 56.7 Å². The van der Waals surface area contributed by atoms with Crippen LogP contribution in [0.4, 0.5) is 0 Å². The molecule has 0 spiro atoms. The molecule has 1 unspecified atom stereocenters. The topological polar surface area (TPSA) is 75.5 Å². The zero-order valence-electron chi connectivity index (χ0n) is 17.0. The summed E-state index contributed by atoms with van der Waals surface area (Å²) >= 11 is 0. The fraction of sp³-hybridized carbons (Fsp3) is 0.545. The van der Waals surface area contributed by atoms with E-state index in [-0.39, 0.29) is 49.4 Å². The van der Waals surface area contributed by atoms with Crippen LogP contribution >= 0.6 is 0 Å². The van der Waals surface area contributed by atoms with Crippen molar-refractivity contribution < 1.29 is 14.4 Å². The van der Waals surface area contributed by atoms with Crippen LogP contribution in [0, 0.1) is 0 Å². The summed E-state index contributed by atoms with van der Waals surface area (Å²) in [7, 11) is 0. The number of likely N-dealkylation sites (tertiary alicyclic amines) is 2. The Labute approximate surface area is 170 Å². The molecular weight excluding hydrogens is 368 g/mol. The van der Waals surface area contributed by atoms with Crippen molar-refractivity contribution in [1.29, 1.82) is 0 Å². The summed E-state index contributed by atoms with van der Waals surface area (Å²) in [5, 5.41) is 0. The lowest BCUT2D eigenvalue weighted by Crippen LogP contribution is -2.41. The van der Waals surface area contributed by atoms with E-state index < -0.39 is 0 Å². The molecule has 29 heavy (non-hydrogen) atoms. The SMILES string of the molecule is CCCn1c(C2CCCN(C(=O)CCN3C(=O)CCC3=O)C2)nc2ccccc21. The third kappa shape index (κ3) is 3.91. The molecule has 1 aromatic heterocycles. The number of imide groups is 1. The molecule has 0 aliphatic carbocycles. The smallest absolute Gasteiger partial charge is 0.229 e. The van der Waals surface area contributed by atoms with Crippen molar-refractivity contribution in [3.63, 3.8) is 0 Å². The molecule has 1 aromatic carbocycles. The first kappa shape index (κ1) is 19.6. The van der Waals surface area contributed by atoms with Crippen molar-refractivity contribution in [1.82, 2.24) is 19.4 Å². The average molecular weight is 396 g/mol. The number of para-hydroxylation sites is 2. The Bertz CT molecular complexity index is 919. The van der Waals surface area contributed by atoms with Crippen molar-refractivity contribution in [3.05, 3.63) is 30.1 Å². The first-order valence-corrected chi connectivity index (χ1v) is 10.6. The molecule has 2 aliphatic heterocycles. The number of fused-ring (bicyclic) bond motifs is 1. The molecule has 154 valence electrons. The molecular formula is C22H28N4O3. The molecule has 0 N–H and O–H groups in total. The minimum atomic E-state index is -0.160. The number of benzene rings is 1. The van der Waals surface area contributed by atoms with Gasteiger partial charge in [-0.25, -0.2) is 4.98 Å². The second-order valence-corrected chi connectivity index (χ2v) is 7.98. The predicted octanol–water partition coefficient (Wildman–Crippen LogP) is 2.69. The van der Waals surface area contributed by atoms with E-state index in [2.05, 4.69) is 17.6 Å². The van der Waals surface area contributed by atoms with Gasteiger partial charge < -0.3 is 9.47 Å². The van der Waals surface area contributed by atoms with Gasteiger partial charge in [-0.3, -0.25) is 19.3 Å². The first-order valence-electron chi connectivity index (χ1n) is 10.6. The van der Waals surface area contributed by atoms with Crippen molar-refractivity contribution in [2.45, 2.75) is 57.9 Å². The van der Waals surface area contributed by atoms with Crippen LogP contribution in [-0.2, 0) is 20.9 Å². The van der Waals surface area contributed by atoms with Crippen LogP contribution in [0.15, 0.2) is 24.3 Å². The number of aryl methyl sites for hydroxylation is 1. The highest BCUT2D eigenvalue weighted by molar-refractivity contribution is 6.02. The van der Waals surface area contributed by atoms with Gasteiger partial charge in [-0.05, 0) is 31.4 Å². The Hall–Kier alpha value is -2.70. The summed E-state index contributed by atoms with van der Waals surface area (Å²) in [5.74, 6) is 0.970. The lowest BCUT2D eigenvalue weighted by Gasteiger charge is -2.33. The van der Waals surface area contributed by atoms with E-state index in [4.69, 9.17) is 4.98 Å². The number of hydrogen-bond donors (Lipinski definition) is 0. The Morgan fingerprint density at radius 2 is 1.90 bits per heavy atom. The van der Waals surface area contributed by atoms with E-state index in [0.717, 1.165) is 49.2 Å². The van der Waals surface area contributed by atoms with Gasteiger partial charge in [0.2, 0.25) is 17.7 Å². The lowest BCUT2D eigenvalue weighted by molar-refractivity contribution is -0.139. The van der Waals surface area contributed by atoms with Gasteiger partial charge in [0, 0.05) is 51.4 Å². The lowest BCUT2D eigenvalue weighted by atomic mass is 9.96. The van der Waals surface area contributed by atoms with E-state index in [0.29, 0.717) is 6.54 Å². The number of aromatic nitrogens is 2. The summed E-state index contributed by atoms with van der Waals surface area (Å²) in [6, 6.07) is 8.20. The Balaban J connectivity index is 1.46. The number of piperidine rings is 1.